The minimum atomic E-state index is 0.0290. The van der Waals surface area contributed by atoms with E-state index in [1.54, 1.807) is 11.3 Å². The van der Waals surface area contributed by atoms with E-state index in [1.807, 2.05) is 0 Å². The predicted molar refractivity (Wildman–Crippen MR) is 106 cm³/mol. The van der Waals surface area contributed by atoms with Crippen molar-refractivity contribution in [2.24, 2.45) is 5.92 Å². The minimum absolute atomic E-state index is 0.0290. The average molecular weight is 384 g/mol. The number of amides is 1. The molecule has 2 aromatic heterocycles. The van der Waals surface area contributed by atoms with Crippen LogP contribution in [0.25, 0.3) is 11.5 Å². The van der Waals surface area contributed by atoms with Crippen molar-refractivity contribution in [2.45, 2.75) is 70.6 Å². The molecule has 5 rings (SSSR count). The van der Waals surface area contributed by atoms with Crippen molar-refractivity contribution in [3.63, 3.8) is 0 Å². The van der Waals surface area contributed by atoms with Crippen molar-refractivity contribution in [3.05, 3.63) is 27.9 Å². The maximum Gasteiger partial charge on any atom is 0.261 e. The zero-order valence-electron chi connectivity index (χ0n) is 15.7. The number of allylic oxidation sites excluding steroid dienone is 1. The Labute approximate surface area is 163 Å². The van der Waals surface area contributed by atoms with Crippen LogP contribution < -0.4 is 5.32 Å². The summed E-state index contributed by atoms with van der Waals surface area (Å²) in [6.45, 7) is 2.26. The van der Waals surface area contributed by atoms with Crippen LogP contribution in [0, 0.1) is 5.92 Å². The van der Waals surface area contributed by atoms with Crippen LogP contribution in [-0.4, -0.2) is 16.0 Å². The Morgan fingerprint density at radius 1 is 1.33 bits per heavy atom. The van der Waals surface area contributed by atoms with Crippen molar-refractivity contribution in [3.8, 4) is 11.5 Å². The van der Waals surface area contributed by atoms with Gasteiger partial charge in [0.2, 0.25) is 0 Å². The lowest BCUT2D eigenvalue weighted by Crippen LogP contribution is -2.13. The first-order valence-electron chi connectivity index (χ1n) is 10.2. The van der Waals surface area contributed by atoms with Crippen molar-refractivity contribution in [2.75, 3.05) is 5.32 Å². The number of nitrogens with one attached hydrogen (secondary N) is 1. The van der Waals surface area contributed by atoms with Crippen molar-refractivity contribution in [1.29, 1.82) is 0 Å². The molecule has 0 radical (unpaired) electrons. The summed E-state index contributed by atoms with van der Waals surface area (Å²) in [7, 11) is 0. The summed E-state index contributed by atoms with van der Waals surface area (Å²) in [6, 6.07) is 0. The van der Waals surface area contributed by atoms with E-state index in [2.05, 4.69) is 23.5 Å². The first kappa shape index (κ1) is 17.2. The number of carbonyl (C=O) groups excluding carboxylic acids is 1. The fraction of sp³-hybridized carbons (Fsp3) is 0.571. The minimum Gasteiger partial charge on any atom is -0.334 e. The molecule has 0 bridgehead atoms. The van der Waals surface area contributed by atoms with Gasteiger partial charge in [-0.3, -0.25) is 4.79 Å². The molecule has 1 N–H and O–H groups in total. The number of thiophene rings is 1. The number of aromatic nitrogens is 2. The van der Waals surface area contributed by atoms with Gasteiger partial charge in [0.25, 0.3) is 11.8 Å². The number of hydrogen-bond donors (Lipinski definition) is 1. The third-order valence-electron chi connectivity index (χ3n) is 6.10. The molecule has 27 heavy (non-hydrogen) atoms. The fourth-order valence-electron chi connectivity index (χ4n) is 4.22. The van der Waals surface area contributed by atoms with Crippen molar-refractivity contribution in [1.82, 2.24) is 10.1 Å². The van der Waals surface area contributed by atoms with Gasteiger partial charge in [-0.1, -0.05) is 24.6 Å². The molecule has 0 saturated heterocycles. The number of fused-ring (bicyclic) bond motifs is 1. The van der Waals surface area contributed by atoms with Gasteiger partial charge in [0.1, 0.15) is 5.00 Å². The Bertz CT molecular complexity index is 907. The average Bonchev–Trinajstić information content (AvgIpc) is 3.10. The molecular weight excluding hydrogens is 358 g/mol. The fourth-order valence-corrected chi connectivity index (χ4v) is 5.57. The quantitative estimate of drug-likeness (QED) is 0.767. The number of anilines is 1. The molecule has 1 atom stereocenters. The van der Waals surface area contributed by atoms with Gasteiger partial charge in [-0.05, 0) is 62.8 Å². The van der Waals surface area contributed by atoms with Gasteiger partial charge < -0.3 is 9.84 Å². The van der Waals surface area contributed by atoms with E-state index in [4.69, 9.17) is 9.51 Å². The van der Waals surface area contributed by atoms with Crippen LogP contribution in [0.5, 0.6) is 0 Å². The van der Waals surface area contributed by atoms with Gasteiger partial charge in [-0.15, -0.1) is 11.3 Å². The summed E-state index contributed by atoms with van der Waals surface area (Å²) >= 11 is 1.71. The van der Waals surface area contributed by atoms with E-state index in [-0.39, 0.29) is 5.91 Å². The largest absolute Gasteiger partial charge is 0.334 e. The third kappa shape index (κ3) is 3.24. The Kier molecular flexibility index (Phi) is 4.38. The first-order valence-corrected chi connectivity index (χ1v) is 11.0. The SMILES string of the molecule is CC[C@@H]1CCc2c(sc(NC(=O)C3=CCCC3)c2-c2nc(C3CC3)no2)C1. The molecule has 3 aliphatic rings. The van der Waals surface area contributed by atoms with E-state index in [0.717, 1.165) is 72.8 Å². The molecule has 6 heteroatoms. The number of nitrogens with zero attached hydrogens (tertiary/aromatic N) is 2. The van der Waals surface area contributed by atoms with Crippen LogP contribution in [0.1, 0.15) is 74.1 Å². The maximum atomic E-state index is 12.7. The molecule has 1 saturated carbocycles. The third-order valence-corrected chi connectivity index (χ3v) is 7.27. The Morgan fingerprint density at radius 3 is 2.96 bits per heavy atom. The van der Waals surface area contributed by atoms with Gasteiger partial charge in [-0.25, -0.2) is 0 Å². The van der Waals surface area contributed by atoms with E-state index < -0.39 is 0 Å². The highest BCUT2D eigenvalue weighted by Crippen LogP contribution is 2.46. The Morgan fingerprint density at radius 2 is 2.22 bits per heavy atom. The van der Waals surface area contributed by atoms with Gasteiger partial charge in [-0.2, -0.15) is 4.98 Å². The van der Waals surface area contributed by atoms with Crippen LogP contribution >= 0.6 is 11.3 Å². The van der Waals surface area contributed by atoms with Gasteiger partial charge >= 0.3 is 0 Å². The molecule has 0 aromatic carbocycles. The lowest BCUT2D eigenvalue weighted by molar-refractivity contribution is -0.112. The topological polar surface area (TPSA) is 68.0 Å². The lowest BCUT2D eigenvalue weighted by atomic mass is 9.85. The molecule has 3 aliphatic carbocycles. The summed E-state index contributed by atoms with van der Waals surface area (Å²) in [5.41, 5.74) is 3.20. The number of hydrogen-bond acceptors (Lipinski definition) is 5. The summed E-state index contributed by atoms with van der Waals surface area (Å²) in [5, 5.41) is 8.27. The molecular formula is C21H25N3O2S. The standard InChI is InChI=1S/C21H25N3O2S/c1-2-12-7-10-15-16(11-12)27-21(23-19(25)14-5-3-4-6-14)17(15)20-22-18(24-26-20)13-8-9-13/h5,12-13H,2-4,6-11H2,1H3,(H,23,25)/t12-/m1/s1. The molecule has 2 aromatic rings. The highest BCUT2D eigenvalue weighted by atomic mass is 32.1. The van der Waals surface area contributed by atoms with Crippen LogP contribution in [0.3, 0.4) is 0 Å². The summed E-state index contributed by atoms with van der Waals surface area (Å²) in [6.07, 6.45) is 11.8. The predicted octanol–water partition coefficient (Wildman–Crippen LogP) is 5.24. The van der Waals surface area contributed by atoms with E-state index in [1.165, 1.54) is 23.3 Å². The van der Waals surface area contributed by atoms with Crippen molar-refractivity contribution < 1.29 is 9.32 Å². The maximum absolute atomic E-state index is 12.7. The van der Waals surface area contributed by atoms with E-state index in [9.17, 15) is 4.79 Å². The lowest BCUT2D eigenvalue weighted by Gasteiger charge is -2.20. The van der Waals surface area contributed by atoms with E-state index in [0.29, 0.717) is 11.8 Å². The van der Waals surface area contributed by atoms with Crippen molar-refractivity contribution >= 4 is 22.2 Å². The van der Waals surface area contributed by atoms with Gasteiger partial charge in [0.15, 0.2) is 5.82 Å². The number of rotatable bonds is 5. The summed E-state index contributed by atoms with van der Waals surface area (Å²) in [4.78, 5) is 18.8. The first-order chi connectivity index (χ1) is 13.2. The smallest absolute Gasteiger partial charge is 0.261 e. The van der Waals surface area contributed by atoms with Crippen LogP contribution in [0.2, 0.25) is 0 Å². The Hall–Kier alpha value is -1.95. The summed E-state index contributed by atoms with van der Waals surface area (Å²) < 4.78 is 5.66. The Balaban J connectivity index is 1.52. The monoisotopic (exact) mass is 383 g/mol. The zero-order chi connectivity index (χ0) is 18.4. The zero-order valence-corrected chi connectivity index (χ0v) is 16.5. The normalized spacial score (nSPS) is 21.8. The molecule has 0 aliphatic heterocycles. The number of carbonyl (C=O) groups is 1. The molecule has 1 fully saturated rings. The molecule has 0 spiro atoms. The summed E-state index contributed by atoms with van der Waals surface area (Å²) in [5.74, 6) is 2.63. The van der Waals surface area contributed by atoms with Crippen LogP contribution in [-0.2, 0) is 17.6 Å². The molecule has 2 heterocycles. The molecule has 142 valence electrons. The molecule has 1 amide bonds. The highest BCUT2D eigenvalue weighted by molar-refractivity contribution is 7.17. The van der Waals surface area contributed by atoms with Crippen LogP contribution in [0.15, 0.2) is 16.2 Å². The van der Waals surface area contributed by atoms with Gasteiger partial charge in [0.05, 0.1) is 5.56 Å². The second-order valence-corrected chi connectivity index (χ2v) is 9.14. The van der Waals surface area contributed by atoms with Gasteiger partial charge in [0, 0.05) is 16.4 Å². The highest BCUT2D eigenvalue weighted by Gasteiger charge is 2.33. The molecule has 0 unspecified atom stereocenters. The second kappa shape index (κ2) is 6.89. The second-order valence-electron chi connectivity index (χ2n) is 8.03. The molecule has 5 nitrogen and oxygen atoms in total. The van der Waals surface area contributed by atoms with E-state index >= 15 is 0 Å². The van der Waals surface area contributed by atoms with Crippen LogP contribution in [0.4, 0.5) is 5.00 Å².